The average molecular weight is 332 g/mol. The van der Waals surface area contributed by atoms with Crippen LogP contribution < -0.4 is 10.1 Å². The fourth-order valence-corrected chi connectivity index (χ4v) is 3.08. The van der Waals surface area contributed by atoms with E-state index < -0.39 is 11.5 Å². The van der Waals surface area contributed by atoms with Crippen LogP contribution in [-0.4, -0.2) is 29.6 Å². The first kappa shape index (κ1) is 15.9. The van der Waals surface area contributed by atoms with Crippen molar-refractivity contribution in [2.24, 2.45) is 0 Å². The number of methoxy groups -OCH3 is 1. The zero-order valence-electron chi connectivity index (χ0n) is 11.4. The van der Waals surface area contributed by atoms with Crippen LogP contribution in [0.1, 0.15) is 36.0 Å². The van der Waals surface area contributed by atoms with Crippen LogP contribution in [0.15, 0.2) is 12.1 Å². The Bertz CT molecular complexity index is 561. The maximum Gasteiger partial charge on any atom is 0.305 e. The van der Waals surface area contributed by atoms with Crippen LogP contribution in [0.3, 0.4) is 0 Å². The Morgan fingerprint density at radius 1 is 1.33 bits per heavy atom. The lowest BCUT2D eigenvalue weighted by Crippen LogP contribution is -2.54. The molecule has 0 spiro atoms. The van der Waals surface area contributed by atoms with E-state index in [0.29, 0.717) is 18.6 Å². The highest BCUT2D eigenvalue weighted by atomic mass is 35.5. The van der Waals surface area contributed by atoms with Crippen molar-refractivity contribution in [3.8, 4) is 5.75 Å². The topological polar surface area (TPSA) is 75.6 Å². The summed E-state index contributed by atoms with van der Waals surface area (Å²) in [6.07, 6.45) is 2.12. The van der Waals surface area contributed by atoms with Gasteiger partial charge in [0.05, 0.1) is 29.1 Å². The maximum absolute atomic E-state index is 12.3. The van der Waals surface area contributed by atoms with E-state index in [4.69, 9.17) is 33.0 Å². The number of carboxylic acid groups (broad SMARTS) is 1. The molecule has 0 heterocycles. The smallest absolute Gasteiger partial charge is 0.305 e. The largest absolute Gasteiger partial charge is 0.494 e. The van der Waals surface area contributed by atoms with Gasteiger partial charge in [-0.3, -0.25) is 9.59 Å². The predicted molar refractivity (Wildman–Crippen MR) is 79.3 cm³/mol. The third-order valence-corrected chi connectivity index (χ3v) is 4.21. The van der Waals surface area contributed by atoms with Gasteiger partial charge in [0.25, 0.3) is 5.91 Å². The number of hydrogen-bond donors (Lipinski definition) is 2. The van der Waals surface area contributed by atoms with Crippen molar-refractivity contribution in [3.63, 3.8) is 0 Å². The monoisotopic (exact) mass is 331 g/mol. The van der Waals surface area contributed by atoms with Crippen LogP contribution in [-0.2, 0) is 4.79 Å². The second kappa shape index (κ2) is 6.12. The van der Waals surface area contributed by atoms with E-state index in [1.165, 1.54) is 19.2 Å². The maximum atomic E-state index is 12.3. The fraction of sp³-hybridized carbons (Fsp3) is 0.429. The molecule has 21 heavy (non-hydrogen) atoms. The third kappa shape index (κ3) is 3.41. The summed E-state index contributed by atoms with van der Waals surface area (Å²) in [5.41, 5.74) is -0.385. The van der Waals surface area contributed by atoms with Gasteiger partial charge in [0.1, 0.15) is 0 Å². The molecule has 1 aromatic rings. The van der Waals surface area contributed by atoms with Crippen LogP contribution in [0.4, 0.5) is 0 Å². The highest BCUT2D eigenvalue weighted by Crippen LogP contribution is 2.37. The summed E-state index contributed by atoms with van der Waals surface area (Å²) in [7, 11) is 1.43. The van der Waals surface area contributed by atoms with Crippen LogP contribution in [0.5, 0.6) is 5.75 Å². The number of ether oxygens (including phenoxy) is 1. The molecule has 0 aliphatic heterocycles. The molecule has 0 atom stereocenters. The summed E-state index contributed by atoms with van der Waals surface area (Å²) in [5.74, 6) is -1.01. The van der Waals surface area contributed by atoms with Crippen molar-refractivity contribution >= 4 is 35.1 Å². The van der Waals surface area contributed by atoms with Gasteiger partial charge in [-0.2, -0.15) is 0 Å². The van der Waals surface area contributed by atoms with Crippen molar-refractivity contribution in [2.45, 2.75) is 31.2 Å². The zero-order chi connectivity index (χ0) is 15.6. The number of nitrogens with one attached hydrogen (secondary N) is 1. The minimum absolute atomic E-state index is 0.0869. The van der Waals surface area contributed by atoms with Crippen molar-refractivity contribution in [2.75, 3.05) is 7.11 Å². The van der Waals surface area contributed by atoms with Crippen LogP contribution in [0.2, 0.25) is 10.0 Å². The van der Waals surface area contributed by atoms with Gasteiger partial charge >= 0.3 is 5.97 Å². The highest BCUT2D eigenvalue weighted by Gasteiger charge is 2.40. The molecule has 2 rings (SSSR count). The van der Waals surface area contributed by atoms with Gasteiger partial charge < -0.3 is 15.2 Å². The van der Waals surface area contributed by atoms with Gasteiger partial charge in [0, 0.05) is 5.56 Å². The summed E-state index contributed by atoms with van der Waals surface area (Å²) in [5, 5.41) is 12.2. The molecule has 2 N–H and O–H groups in total. The molecule has 1 aromatic carbocycles. The SMILES string of the molecule is COc1c(Cl)cc(C(=O)NC2(CC(=O)O)CCC2)cc1Cl. The van der Waals surface area contributed by atoms with Gasteiger partial charge in [0.15, 0.2) is 5.75 Å². The predicted octanol–water partition coefficient (Wildman–Crippen LogP) is 3.13. The Labute approximate surface area is 132 Å². The van der Waals surface area contributed by atoms with E-state index in [-0.39, 0.29) is 27.9 Å². The molecule has 1 amide bonds. The number of amides is 1. The minimum atomic E-state index is -0.930. The first-order valence-electron chi connectivity index (χ1n) is 6.44. The molecule has 0 radical (unpaired) electrons. The molecule has 5 nitrogen and oxygen atoms in total. The van der Waals surface area contributed by atoms with Crippen molar-refractivity contribution in [1.82, 2.24) is 5.32 Å². The average Bonchev–Trinajstić information content (AvgIpc) is 2.35. The molecule has 0 aromatic heterocycles. The Morgan fingerprint density at radius 3 is 2.29 bits per heavy atom. The van der Waals surface area contributed by atoms with E-state index in [0.717, 1.165) is 6.42 Å². The second-order valence-electron chi connectivity index (χ2n) is 5.13. The van der Waals surface area contributed by atoms with E-state index >= 15 is 0 Å². The van der Waals surface area contributed by atoms with Gasteiger partial charge in [-0.15, -0.1) is 0 Å². The summed E-state index contributed by atoms with van der Waals surface area (Å²) >= 11 is 12.0. The van der Waals surface area contributed by atoms with Gasteiger partial charge in [0.2, 0.25) is 0 Å². The summed E-state index contributed by atoms with van der Waals surface area (Å²) < 4.78 is 5.02. The first-order chi connectivity index (χ1) is 9.87. The van der Waals surface area contributed by atoms with Crippen LogP contribution >= 0.6 is 23.2 Å². The normalized spacial score (nSPS) is 16.0. The quantitative estimate of drug-likeness (QED) is 0.869. The number of carboxylic acids is 1. The Hall–Kier alpha value is -1.46. The van der Waals surface area contributed by atoms with Crippen molar-refractivity contribution in [3.05, 3.63) is 27.7 Å². The molecule has 1 fully saturated rings. The summed E-state index contributed by atoms with van der Waals surface area (Å²) in [6, 6.07) is 2.91. The van der Waals surface area contributed by atoms with E-state index in [9.17, 15) is 9.59 Å². The molecular weight excluding hydrogens is 317 g/mol. The molecule has 0 saturated heterocycles. The Morgan fingerprint density at radius 2 is 1.90 bits per heavy atom. The number of benzene rings is 1. The number of aliphatic carboxylic acids is 1. The molecule has 114 valence electrons. The fourth-order valence-electron chi connectivity index (χ4n) is 2.44. The van der Waals surface area contributed by atoms with E-state index in [2.05, 4.69) is 5.32 Å². The molecular formula is C14H15Cl2NO4. The standard InChI is InChI=1S/C14H15Cl2NO4/c1-21-12-9(15)5-8(6-10(12)16)13(20)17-14(3-2-4-14)7-11(18)19/h5-6H,2-4,7H2,1H3,(H,17,20)(H,18,19). The van der Waals surface area contributed by atoms with Gasteiger partial charge in [-0.05, 0) is 31.4 Å². The molecule has 7 heteroatoms. The van der Waals surface area contributed by atoms with Crippen molar-refractivity contribution in [1.29, 1.82) is 0 Å². The third-order valence-electron chi connectivity index (χ3n) is 3.64. The number of rotatable bonds is 5. The number of hydrogen-bond acceptors (Lipinski definition) is 3. The number of carbonyl (C=O) groups excluding carboxylic acids is 1. The van der Waals surface area contributed by atoms with E-state index in [1.807, 2.05) is 0 Å². The van der Waals surface area contributed by atoms with Gasteiger partial charge in [-0.1, -0.05) is 23.2 Å². The molecule has 1 aliphatic carbocycles. The molecule has 0 bridgehead atoms. The van der Waals surface area contributed by atoms with Crippen LogP contribution in [0, 0.1) is 0 Å². The van der Waals surface area contributed by atoms with Crippen LogP contribution in [0.25, 0.3) is 0 Å². The number of carbonyl (C=O) groups is 2. The summed E-state index contributed by atoms with van der Waals surface area (Å²) in [6.45, 7) is 0. The Kier molecular flexibility index (Phi) is 4.64. The van der Waals surface area contributed by atoms with Gasteiger partial charge in [-0.25, -0.2) is 0 Å². The molecule has 0 unspecified atom stereocenters. The lowest BCUT2D eigenvalue weighted by Gasteiger charge is -2.41. The lowest BCUT2D eigenvalue weighted by molar-refractivity contribution is -0.139. The lowest BCUT2D eigenvalue weighted by atomic mass is 9.74. The van der Waals surface area contributed by atoms with Crippen molar-refractivity contribution < 1.29 is 19.4 Å². The Balaban J connectivity index is 2.19. The molecule has 1 aliphatic rings. The zero-order valence-corrected chi connectivity index (χ0v) is 12.9. The minimum Gasteiger partial charge on any atom is -0.494 e. The van der Waals surface area contributed by atoms with E-state index in [1.54, 1.807) is 0 Å². The first-order valence-corrected chi connectivity index (χ1v) is 7.20. The highest BCUT2D eigenvalue weighted by molar-refractivity contribution is 6.37. The second-order valence-corrected chi connectivity index (χ2v) is 5.95. The number of halogens is 2. The summed E-state index contributed by atoms with van der Waals surface area (Å²) in [4.78, 5) is 23.2. The molecule has 1 saturated carbocycles.